The number of aromatic nitrogens is 3. The second-order valence-corrected chi connectivity index (χ2v) is 7.29. The molecule has 2 aromatic rings. The van der Waals surface area contributed by atoms with Crippen molar-refractivity contribution in [2.75, 3.05) is 41.8 Å². The summed E-state index contributed by atoms with van der Waals surface area (Å²) < 4.78 is 5.43. The molecule has 1 aliphatic heterocycles. The van der Waals surface area contributed by atoms with E-state index in [2.05, 4.69) is 30.5 Å². The highest BCUT2D eigenvalue weighted by atomic mass is 16.6. The molecule has 2 fully saturated rings. The van der Waals surface area contributed by atoms with Crippen LogP contribution in [0.3, 0.4) is 0 Å². The van der Waals surface area contributed by atoms with E-state index in [1.54, 1.807) is 12.1 Å². The molecule has 0 bridgehead atoms. The summed E-state index contributed by atoms with van der Waals surface area (Å²) in [6, 6.07) is 6.56. The van der Waals surface area contributed by atoms with Gasteiger partial charge in [-0.3, -0.25) is 10.1 Å². The summed E-state index contributed by atoms with van der Waals surface area (Å²) >= 11 is 0. The maximum absolute atomic E-state index is 10.9. The van der Waals surface area contributed by atoms with Crippen molar-refractivity contribution in [3.8, 4) is 0 Å². The monoisotopic (exact) mass is 399 g/mol. The molecule has 1 aromatic carbocycles. The molecule has 0 radical (unpaired) electrons. The van der Waals surface area contributed by atoms with Gasteiger partial charge >= 0.3 is 0 Å². The van der Waals surface area contributed by atoms with Crippen molar-refractivity contribution in [1.29, 1.82) is 0 Å². The second kappa shape index (κ2) is 8.99. The number of non-ortho nitro benzene ring substituents is 1. The Hall–Kier alpha value is -3.01. The van der Waals surface area contributed by atoms with E-state index in [0.717, 1.165) is 25.9 Å². The summed E-state index contributed by atoms with van der Waals surface area (Å²) in [5.41, 5.74) is 0.721. The van der Waals surface area contributed by atoms with E-state index >= 15 is 0 Å². The summed E-state index contributed by atoms with van der Waals surface area (Å²) in [5.74, 6) is 1.57. The van der Waals surface area contributed by atoms with Crippen LogP contribution in [0.25, 0.3) is 0 Å². The molecule has 10 nitrogen and oxygen atoms in total. The fourth-order valence-electron chi connectivity index (χ4n) is 3.62. The smallest absolute Gasteiger partial charge is 0.269 e. The van der Waals surface area contributed by atoms with E-state index < -0.39 is 4.92 Å². The number of ether oxygens (including phenoxy) is 1. The highest BCUT2D eigenvalue weighted by Crippen LogP contribution is 2.24. The highest BCUT2D eigenvalue weighted by molar-refractivity contribution is 5.58. The van der Waals surface area contributed by atoms with Crippen molar-refractivity contribution in [3.63, 3.8) is 0 Å². The average Bonchev–Trinajstić information content (AvgIpc) is 2.75. The molecule has 0 atom stereocenters. The number of rotatable bonds is 6. The molecular formula is C19H25N7O3. The summed E-state index contributed by atoms with van der Waals surface area (Å²) in [6.07, 6.45) is 5.94. The minimum Gasteiger partial charge on any atom is -0.378 e. The van der Waals surface area contributed by atoms with Crippen LogP contribution in [-0.4, -0.2) is 52.2 Å². The van der Waals surface area contributed by atoms with Gasteiger partial charge in [0.1, 0.15) is 0 Å². The summed E-state index contributed by atoms with van der Waals surface area (Å²) in [6.45, 7) is 2.73. The lowest BCUT2D eigenvalue weighted by molar-refractivity contribution is -0.384. The fraction of sp³-hybridized carbons (Fsp3) is 0.526. The van der Waals surface area contributed by atoms with Crippen LogP contribution in [0.2, 0.25) is 0 Å². The van der Waals surface area contributed by atoms with Gasteiger partial charge in [0, 0.05) is 37.0 Å². The van der Waals surface area contributed by atoms with E-state index in [9.17, 15) is 10.1 Å². The summed E-state index contributed by atoms with van der Waals surface area (Å²) in [7, 11) is 0. The van der Waals surface area contributed by atoms with Gasteiger partial charge in [0.15, 0.2) is 0 Å². The number of hydrogen-bond donors (Lipinski definition) is 2. The first kappa shape index (κ1) is 19.3. The van der Waals surface area contributed by atoms with Crippen molar-refractivity contribution < 1.29 is 9.66 Å². The lowest BCUT2D eigenvalue weighted by atomic mass is 9.96. The minimum atomic E-state index is -0.421. The average molecular weight is 399 g/mol. The third-order valence-corrected chi connectivity index (χ3v) is 5.19. The van der Waals surface area contributed by atoms with Gasteiger partial charge in [-0.2, -0.15) is 15.0 Å². The van der Waals surface area contributed by atoms with Crippen molar-refractivity contribution in [1.82, 2.24) is 15.0 Å². The Balaban J connectivity index is 1.56. The zero-order valence-electron chi connectivity index (χ0n) is 16.2. The van der Waals surface area contributed by atoms with Gasteiger partial charge in [-0.15, -0.1) is 0 Å². The molecule has 1 saturated heterocycles. The van der Waals surface area contributed by atoms with Crippen LogP contribution < -0.4 is 15.5 Å². The Bertz CT molecular complexity index is 834. The fourth-order valence-corrected chi connectivity index (χ4v) is 3.62. The first-order valence-corrected chi connectivity index (χ1v) is 10.0. The first-order chi connectivity index (χ1) is 14.2. The van der Waals surface area contributed by atoms with Crippen molar-refractivity contribution >= 4 is 29.2 Å². The van der Waals surface area contributed by atoms with Gasteiger partial charge < -0.3 is 20.3 Å². The van der Waals surface area contributed by atoms with Crippen LogP contribution >= 0.6 is 0 Å². The highest BCUT2D eigenvalue weighted by Gasteiger charge is 2.19. The topological polar surface area (TPSA) is 118 Å². The zero-order chi connectivity index (χ0) is 20.1. The number of nitrogens with zero attached hydrogens (tertiary/aromatic N) is 5. The standard InChI is InChI=1S/C19H25N7O3/c27-26(28)16-8-6-15(7-9-16)21-18-22-17(20-14-4-2-1-3-5-14)23-19(24-18)25-10-12-29-13-11-25/h6-9,14H,1-5,10-13H2,(H2,20,21,22,23,24). The van der Waals surface area contributed by atoms with Crippen LogP contribution in [0.15, 0.2) is 24.3 Å². The quantitative estimate of drug-likeness (QED) is 0.558. The SMILES string of the molecule is O=[N+]([O-])c1ccc(Nc2nc(NC3CCCCC3)nc(N3CCOCC3)n2)cc1. The summed E-state index contributed by atoms with van der Waals surface area (Å²) in [4.78, 5) is 26.3. The van der Waals surface area contributed by atoms with E-state index in [-0.39, 0.29) is 5.69 Å². The third-order valence-electron chi connectivity index (χ3n) is 5.19. The van der Waals surface area contributed by atoms with Crippen molar-refractivity contribution in [2.24, 2.45) is 0 Å². The number of morpholine rings is 1. The lowest BCUT2D eigenvalue weighted by Crippen LogP contribution is -2.37. The largest absolute Gasteiger partial charge is 0.378 e. The summed E-state index contributed by atoms with van der Waals surface area (Å²) in [5, 5.41) is 17.5. The molecule has 1 aliphatic carbocycles. The van der Waals surface area contributed by atoms with Crippen LogP contribution in [0, 0.1) is 10.1 Å². The van der Waals surface area contributed by atoms with Gasteiger partial charge in [0.2, 0.25) is 17.8 Å². The predicted octanol–water partition coefficient (Wildman–Crippen LogP) is 3.10. The van der Waals surface area contributed by atoms with Crippen molar-refractivity contribution in [3.05, 3.63) is 34.4 Å². The van der Waals surface area contributed by atoms with Crippen LogP contribution in [-0.2, 0) is 4.74 Å². The number of hydrogen-bond acceptors (Lipinski definition) is 9. The second-order valence-electron chi connectivity index (χ2n) is 7.29. The molecule has 1 saturated carbocycles. The molecule has 0 unspecified atom stereocenters. The molecule has 4 rings (SSSR count). The molecular weight excluding hydrogens is 374 g/mol. The van der Waals surface area contributed by atoms with Crippen LogP contribution in [0.4, 0.5) is 29.2 Å². The van der Waals surface area contributed by atoms with E-state index in [0.29, 0.717) is 42.8 Å². The van der Waals surface area contributed by atoms with Crippen molar-refractivity contribution in [2.45, 2.75) is 38.1 Å². The lowest BCUT2D eigenvalue weighted by Gasteiger charge is -2.28. The first-order valence-electron chi connectivity index (χ1n) is 10.0. The molecule has 0 amide bonds. The van der Waals surface area contributed by atoms with E-state index in [1.807, 2.05) is 0 Å². The van der Waals surface area contributed by atoms with E-state index in [1.165, 1.54) is 31.4 Å². The van der Waals surface area contributed by atoms with Gasteiger partial charge in [0.25, 0.3) is 5.69 Å². The molecule has 10 heteroatoms. The normalized spacial score (nSPS) is 17.7. The number of nitro groups is 1. The molecule has 0 spiro atoms. The molecule has 1 aromatic heterocycles. The van der Waals surface area contributed by atoms with E-state index in [4.69, 9.17) is 4.74 Å². The van der Waals surface area contributed by atoms with Gasteiger partial charge in [-0.1, -0.05) is 19.3 Å². The Labute approximate surface area is 168 Å². The minimum absolute atomic E-state index is 0.0415. The number of anilines is 4. The van der Waals surface area contributed by atoms with Crippen LogP contribution in [0.5, 0.6) is 0 Å². The predicted molar refractivity (Wildman–Crippen MR) is 110 cm³/mol. The Kier molecular flexibility index (Phi) is 5.99. The van der Waals surface area contributed by atoms with Crippen LogP contribution in [0.1, 0.15) is 32.1 Å². The Morgan fingerprint density at radius 1 is 1.00 bits per heavy atom. The molecule has 154 valence electrons. The molecule has 2 heterocycles. The number of nitro benzene ring substituents is 1. The molecule has 2 N–H and O–H groups in total. The number of benzene rings is 1. The molecule has 2 aliphatic rings. The Morgan fingerprint density at radius 3 is 2.38 bits per heavy atom. The molecule has 29 heavy (non-hydrogen) atoms. The third kappa shape index (κ3) is 5.08. The maximum Gasteiger partial charge on any atom is 0.269 e. The van der Waals surface area contributed by atoms with Gasteiger partial charge in [-0.05, 0) is 25.0 Å². The van der Waals surface area contributed by atoms with Gasteiger partial charge in [-0.25, -0.2) is 0 Å². The zero-order valence-corrected chi connectivity index (χ0v) is 16.2. The Morgan fingerprint density at radius 2 is 1.69 bits per heavy atom. The van der Waals surface area contributed by atoms with Gasteiger partial charge in [0.05, 0.1) is 18.1 Å². The maximum atomic E-state index is 10.9. The number of nitrogens with one attached hydrogen (secondary N) is 2.